The minimum atomic E-state index is 0.0428. The standard InChI is InChI=1S/C19H23N3O2/c1-14-10-17(20)7-9-22(14)19(23)16-5-2-6-18(11-16)24-13-15-4-3-8-21-12-15/h2-6,8,11-12,14,17H,7,9-10,13,20H2,1H3. The first-order valence-corrected chi connectivity index (χ1v) is 8.32. The highest BCUT2D eigenvalue weighted by Gasteiger charge is 2.27. The molecule has 1 aliphatic heterocycles. The molecule has 2 aromatic rings. The summed E-state index contributed by atoms with van der Waals surface area (Å²) in [5.41, 5.74) is 7.63. The molecule has 1 aromatic heterocycles. The van der Waals surface area contributed by atoms with E-state index in [0.29, 0.717) is 24.5 Å². The zero-order valence-electron chi connectivity index (χ0n) is 13.9. The summed E-state index contributed by atoms with van der Waals surface area (Å²) in [6.45, 7) is 3.20. The summed E-state index contributed by atoms with van der Waals surface area (Å²) in [7, 11) is 0. The van der Waals surface area contributed by atoms with Gasteiger partial charge in [-0.2, -0.15) is 0 Å². The maximum atomic E-state index is 12.8. The quantitative estimate of drug-likeness (QED) is 0.938. The van der Waals surface area contributed by atoms with Crippen molar-refractivity contribution in [3.8, 4) is 5.75 Å². The Morgan fingerprint density at radius 2 is 2.25 bits per heavy atom. The number of pyridine rings is 1. The Balaban J connectivity index is 1.67. The van der Waals surface area contributed by atoms with Gasteiger partial charge in [-0.1, -0.05) is 12.1 Å². The lowest BCUT2D eigenvalue weighted by Crippen LogP contribution is -2.48. The van der Waals surface area contributed by atoms with Crippen LogP contribution in [0, 0.1) is 0 Å². The zero-order valence-corrected chi connectivity index (χ0v) is 13.9. The first kappa shape index (κ1) is 16.5. The molecule has 0 saturated carbocycles. The summed E-state index contributed by atoms with van der Waals surface area (Å²) in [5.74, 6) is 0.729. The van der Waals surface area contributed by atoms with Gasteiger partial charge in [0.2, 0.25) is 0 Å². The molecular formula is C19H23N3O2. The van der Waals surface area contributed by atoms with Crippen LogP contribution in [0.4, 0.5) is 0 Å². The molecule has 2 N–H and O–H groups in total. The molecule has 1 amide bonds. The van der Waals surface area contributed by atoms with Crippen molar-refractivity contribution in [1.82, 2.24) is 9.88 Å². The Bertz CT molecular complexity index is 690. The number of carbonyl (C=O) groups is 1. The van der Waals surface area contributed by atoms with Crippen molar-refractivity contribution in [1.29, 1.82) is 0 Å². The topological polar surface area (TPSA) is 68.5 Å². The van der Waals surface area contributed by atoms with Gasteiger partial charge in [0.25, 0.3) is 5.91 Å². The fourth-order valence-electron chi connectivity index (χ4n) is 3.05. The van der Waals surface area contributed by atoms with E-state index < -0.39 is 0 Å². The number of hydrogen-bond acceptors (Lipinski definition) is 4. The number of amides is 1. The van der Waals surface area contributed by atoms with Crippen molar-refractivity contribution < 1.29 is 9.53 Å². The predicted octanol–water partition coefficient (Wildman–Crippen LogP) is 2.61. The van der Waals surface area contributed by atoms with Gasteiger partial charge in [0, 0.05) is 42.1 Å². The third-order valence-electron chi connectivity index (χ3n) is 4.39. The molecule has 5 nitrogen and oxygen atoms in total. The van der Waals surface area contributed by atoms with E-state index in [0.717, 1.165) is 18.4 Å². The van der Waals surface area contributed by atoms with Crippen LogP contribution in [0.2, 0.25) is 0 Å². The number of nitrogens with zero attached hydrogens (tertiary/aromatic N) is 2. The Kier molecular flexibility index (Phi) is 5.11. The van der Waals surface area contributed by atoms with E-state index in [1.165, 1.54) is 0 Å². The summed E-state index contributed by atoms with van der Waals surface area (Å²) in [6, 6.07) is 11.6. The second kappa shape index (κ2) is 7.45. The van der Waals surface area contributed by atoms with Crippen LogP contribution in [0.5, 0.6) is 5.75 Å². The lowest BCUT2D eigenvalue weighted by Gasteiger charge is -2.36. The number of nitrogens with two attached hydrogens (primary N) is 1. The number of benzene rings is 1. The summed E-state index contributed by atoms with van der Waals surface area (Å²) < 4.78 is 5.78. The predicted molar refractivity (Wildman–Crippen MR) is 92.7 cm³/mol. The van der Waals surface area contributed by atoms with Crippen LogP contribution in [-0.4, -0.2) is 34.4 Å². The number of ether oxygens (including phenoxy) is 1. The molecule has 2 heterocycles. The van der Waals surface area contributed by atoms with Crippen molar-refractivity contribution in [2.24, 2.45) is 5.73 Å². The highest BCUT2D eigenvalue weighted by atomic mass is 16.5. The Labute approximate surface area is 142 Å². The molecule has 2 unspecified atom stereocenters. The molecular weight excluding hydrogens is 302 g/mol. The molecule has 0 bridgehead atoms. The molecule has 1 saturated heterocycles. The maximum absolute atomic E-state index is 12.8. The van der Waals surface area contributed by atoms with Crippen LogP contribution in [0.15, 0.2) is 48.8 Å². The van der Waals surface area contributed by atoms with Gasteiger partial charge in [0.1, 0.15) is 12.4 Å². The average molecular weight is 325 g/mol. The lowest BCUT2D eigenvalue weighted by molar-refractivity contribution is 0.0618. The largest absolute Gasteiger partial charge is 0.489 e. The number of aromatic nitrogens is 1. The minimum Gasteiger partial charge on any atom is -0.489 e. The SMILES string of the molecule is CC1CC(N)CCN1C(=O)c1cccc(OCc2cccnc2)c1. The van der Waals surface area contributed by atoms with Crippen molar-refractivity contribution in [2.45, 2.75) is 38.5 Å². The Morgan fingerprint density at radius 1 is 1.38 bits per heavy atom. The molecule has 0 spiro atoms. The molecule has 1 fully saturated rings. The first-order valence-electron chi connectivity index (χ1n) is 8.32. The van der Waals surface area contributed by atoms with Crippen molar-refractivity contribution >= 4 is 5.91 Å². The highest BCUT2D eigenvalue weighted by molar-refractivity contribution is 5.94. The monoisotopic (exact) mass is 325 g/mol. The average Bonchev–Trinajstić information content (AvgIpc) is 2.61. The van der Waals surface area contributed by atoms with Crippen LogP contribution < -0.4 is 10.5 Å². The fraction of sp³-hybridized carbons (Fsp3) is 0.368. The number of hydrogen-bond donors (Lipinski definition) is 1. The fourth-order valence-corrected chi connectivity index (χ4v) is 3.05. The molecule has 0 radical (unpaired) electrons. The van der Waals surface area contributed by atoms with Crippen LogP contribution in [0.25, 0.3) is 0 Å². The van der Waals surface area contributed by atoms with E-state index in [9.17, 15) is 4.79 Å². The molecule has 2 atom stereocenters. The van der Waals surface area contributed by atoms with Crippen LogP contribution in [0.3, 0.4) is 0 Å². The summed E-state index contributed by atoms with van der Waals surface area (Å²) in [6.07, 6.45) is 5.21. The van der Waals surface area contributed by atoms with Crippen LogP contribution in [0.1, 0.15) is 35.7 Å². The van der Waals surface area contributed by atoms with Gasteiger partial charge >= 0.3 is 0 Å². The first-order chi connectivity index (χ1) is 11.6. The van der Waals surface area contributed by atoms with Crippen molar-refractivity contribution in [3.63, 3.8) is 0 Å². The minimum absolute atomic E-state index is 0.0428. The second-order valence-electron chi connectivity index (χ2n) is 6.31. The van der Waals surface area contributed by atoms with Gasteiger partial charge in [0.05, 0.1) is 0 Å². The van der Waals surface area contributed by atoms with Crippen LogP contribution in [-0.2, 0) is 6.61 Å². The molecule has 0 aliphatic carbocycles. The molecule has 24 heavy (non-hydrogen) atoms. The summed E-state index contributed by atoms with van der Waals surface area (Å²) in [5, 5.41) is 0. The lowest BCUT2D eigenvalue weighted by atomic mass is 9.98. The number of carbonyl (C=O) groups excluding carboxylic acids is 1. The zero-order chi connectivity index (χ0) is 16.9. The summed E-state index contributed by atoms with van der Waals surface area (Å²) in [4.78, 5) is 18.7. The Morgan fingerprint density at radius 3 is 3.00 bits per heavy atom. The number of likely N-dealkylation sites (tertiary alicyclic amines) is 1. The van der Waals surface area contributed by atoms with Gasteiger partial charge < -0.3 is 15.4 Å². The van der Waals surface area contributed by atoms with E-state index in [4.69, 9.17) is 10.5 Å². The van der Waals surface area contributed by atoms with Crippen LogP contribution >= 0.6 is 0 Å². The van der Waals surface area contributed by atoms with E-state index in [2.05, 4.69) is 11.9 Å². The number of piperidine rings is 1. The van der Waals surface area contributed by atoms with Crippen molar-refractivity contribution in [3.05, 3.63) is 59.9 Å². The third-order valence-corrected chi connectivity index (χ3v) is 4.39. The molecule has 3 rings (SSSR count). The molecule has 1 aliphatic rings. The second-order valence-corrected chi connectivity index (χ2v) is 6.31. The van der Waals surface area contributed by atoms with Gasteiger partial charge in [-0.05, 0) is 44.0 Å². The normalized spacial score (nSPS) is 20.7. The summed E-state index contributed by atoms with van der Waals surface area (Å²) >= 11 is 0. The maximum Gasteiger partial charge on any atom is 0.254 e. The highest BCUT2D eigenvalue weighted by Crippen LogP contribution is 2.21. The Hall–Kier alpha value is -2.40. The van der Waals surface area contributed by atoms with E-state index in [1.807, 2.05) is 35.2 Å². The van der Waals surface area contributed by atoms with E-state index in [-0.39, 0.29) is 18.0 Å². The van der Waals surface area contributed by atoms with Gasteiger partial charge in [-0.3, -0.25) is 9.78 Å². The molecule has 126 valence electrons. The molecule has 1 aromatic carbocycles. The smallest absolute Gasteiger partial charge is 0.254 e. The third kappa shape index (κ3) is 3.92. The number of rotatable bonds is 4. The van der Waals surface area contributed by atoms with Gasteiger partial charge in [-0.25, -0.2) is 0 Å². The van der Waals surface area contributed by atoms with Gasteiger partial charge in [0.15, 0.2) is 0 Å². The van der Waals surface area contributed by atoms with Crippen molar-refractivity contribution in [2.75, 3.05) is 6.54 Å². The van der Waals surface area contributed by atoms with Gasteiger partial charge in [-0.15, -0.1) is 0 Å². The molecule has 5 heteroatoms. The van der Waals surface area contributed by atoms with E-state index in [1.54, 1.807) is 18.5 Å². The van der Waals surface area contributed by atoms with E-state index >= 15 is 0 Å².